The van der Waals surface area contributed by atoms with Crippen molar-refractivity contribution in [3.8, 4) is 17.2 Å². The molecule has 1 unspecified atom stereocenters. The van der Waals surface area contributed by atoms with E-state index in [0.29, 0.717) is 0 Å². The first-order valence-corrected chi connectivity index (χ1v) is 8.27. The van der Waals surface area contributed by atoms with Crippen LogP contribution in [0.4, 0.5) is 0 Å². The lowest BCUT2D eigenvalue weighted by atomic mass is 9.69. The fourth-order valence-electron chi connectivity index (χ4n) is 3.37. The van der Waals surface area contributed by atoms with Crippen LogP contribution >= 0.6 is 0 Å². The van der Waals surface area contributed by atoms with Crippen molar-refractivity contribution in [1.82, 2.24) is 0 Å². The van der Waals surface area contributed by atoms with Crippen LogP contribution < -0.4 is 0 Å². The van der Waals surface area contributed by atoms with Crippen molar-refractivity contribution in [2.24, 2.45) is 0 Å². The molecule has 0 saturated heterocycles. The first-order valence-electron chi connectivity index (χ1n) is 8.27. The van der Waals surface area contributed by atoms with E-state index in [-0.39, 0.29) is 33.9 Å². The van der Waals surface area contributed by atoms with Crippen molar-refractivity contribution in [2.75, 3.05) is 6.61 Å². The number of benzene rings is 3. The molecule has 27 heavy (non-hydrogen) atoms. The van der Waals surface area contributed by atoms with E-state index in [0.717, 1.165) is 0 Å². The third-order valence-electron chi connectivity index (χ3n) is 4.76. The molecule has 0 saturated carbocycles. The SMILES string of the molecule is OCC(O)(c1ccccc1O)C(O)(c1ccccc1O)c1ccccc1O. The summed E-state index contributed by atoms with van der Waals surface area (Å²) in [4.78, 5) is 0. The van der Waals surface area contributed by atoms with E-state index >= 15 is 0 Å². The van der Waals surface area contributed by atoms with Gasteiger partial charge in [-0.05, 0) is 18.2 Å². The lowest BCUT2D eigenvalue weighted by Crippen LogP contribution is -2.53. The maximum Gasteiger partial charge on any atom is 0.157 e. The van der Waals surface area contributed by atoms with Crippen molar-refractivity contribution < 1.29 is 30.6 Å². The van der Waals surface area contributed by atoms with Gasteiger partial charge in [0.05, 0.1) is 6.61 Å². The monoisotopic (exact) mass is 368 g/mol. The Morgan fingerprint density at radius 3 is 1.22 bits per heavy atom. The van der Waals surface area contributed by atoms with Crippen LogP contribution in [0.3, 0.4) is 0 Å². The average molecular weight is 368 g/mol. The Hall–Kier alpha value is -3.06. The van der Waals surface area contributed by atoms with Gasteiger partial charge in [0, 0.05) is 16.7 Å². The molecule has 6 N–H and O–H groups in total. The minimum Gasteiger partial charge on any atom is -0.508 e. The summed E-state index contributed by atoms with van der Waals surface area (Å²) < 4.78 is 0. The second kappa shape index (κ2) is 6.92. The van der Waals surface area contributed by atoms with E-state index < -0.39 is 17.8 Å². The Morgan fingerprint density at radius 1 is 0.556 bits per heavy atom. The highest BCUT2D eigenvalue weighted by Gasteiger charge is 2.56. The first-order chi connectivity index (χ1) is 12.9. The van der Waals surface area contributed by atoms with Gasteiger partial charge in [-0.25, -0.2) is 0 Å². The van der Waals surface area contributed by atoms with Crippen LogP contribution in [0.2, 0.25) is 0 Å². The van der Waals surface area contributed by atoms with Crippen molar-refractivity contribution in [1.29, 1.82) is 0 Å². The molecule has 0 aromatic heterocycles. The predicted molar refractivity (Wildman–Crippen MR) is 98.3 cm³/mol. The van der Waals surface area contributed by atoms with Crippen molar-refractivity contribution >= 4 is 0 Å². The van der Waals surface area contributed by atoms with Gasteiger partial charge >= 0.3 is 0 Å². The highest BCUT2D eigenvalue weighted by Crippen LogP contribution is 2.51. The molecule has 0 aliphatic carbocycles. The van der Waals surface area contributed by atoms with Crippen LogP contribution in [0.1, 0.15) is 16.7 Å². The number of phenols is 3. The molecular weight excluding hydrogens is 348 g/mol. The molecule has 3 aromatic rings. The van der Waals surface area contributed by atoms with Crippen molar-refractivity contribution in [3.05, 3.63) is 89.5 Å². The van der Waals surface area contributed by atoms with E-state index in [1.165, 1.54) is 72.8 Å². The van der Waals surface area contributed by atoms with Gasteiger partial charge in [0.25, 0.3) is 0 Å². The van der Waals surface area contributed by atoms with Gasteiger partial charge in [-0.3, -0.25) is 0 Å². The van der Waals surface area contributed by atoms with Gasteiger partial charge in [0.2, 0.25) is 0 Å². The highest BCUT2D eigenvalue weighted by molar-refractivity contribution is 5.54. The summed E-state index contributed by atoms with van der Waals surface area (Å²) in [6.07, 6.45) is 0. The highest BCUT2D eigenvalue weighted by atomic mass is 16.4. The molecule has 0 aliphatic rings. The van der Waals surface area contributed by atoms with Crippen molar-refractivity contribution in [3.63, 3.8) is 0 Å². The Labute approximate surface area is 155 Å². The number of aromatic hydroxyl groups is 3. The largest absolute Gasteiger partial charge is 0.508 e. The summed E-state index contributed by atoms with van der Waals surface area (Å²) in [6.45, 7) is -1.01. The molecule has 140 valence electrons. The van der Waals surface area contributed by atoms with Gasteiger partial charge in [0.15, 0.2) is 11.2 Å². The molecule has 1 atom stereocenters. The summed E-state index contributed by atoms with van der Waals surface area (Å²) >= 11 is 0. The third-order valence-corrected chi connectivity index (χ3v) is 4.76. The number of para-hydroxylation sites is 3. The summed E-state index contributed by atoms with van der Waals surface area (Å²) in [5.41, 5.74) is -5.44. The van der Waals surface area contributed by atoms with Gasteiger partial charge < -0.3 is 30.6 Å². The minimum atomic E-state index is -2.49. The average Bonchev–Trinajstić information content (AvgIpc) is 2.68. The van der Waals surface area contributed by atoms with Crippen LogP contribution in [0.15, 0.2) is 72.8 Å². The molecule has 0 spiro atoms. The molecule has 0 fully saturated rings. The van der Waals surface area contributed by atoms with Gasteiger partial charge in [-0.1, -0.05) is 54.6 Å². The molecule has 3 aromatic carbocycles. The zero-order valence-electron chi connectivity index (χ0n) is 14.3. The van der Waals surface area contributed by atoms with Crippen LogP contribution in [0.25, 0.3) is 0 Å². The fraction of sp³-hybridized carbons (Fsp3) is 0.143. The van der Waals surface area contributed by atoms with Crippen LogP contribution in [-0.4, -0.2) is 37.2 Å². The van der Waals surface area contributed by atoms with E-state index in [1.54, 1.807) is 0 Å². The van der Waals surface area contributed by atoms with E-state index in [9.17, 15) is 30.6 Å². The molecule has 0 aliphatic heterocycles. The molecule has 0 heterocycles. The number of hydrogen-bond acceptors (Lipinski definition) is 6. The maximum atomic E-state index is 11.8. The number of hydrogen-bond donors (Lipinski definition) is 6. The number of phenolic OH excluding ortho intramolecular Hbond substituents is 3. The number of aliphatic hydroxyl groups excluding tert-OH is 1. The lowest BCUT2D eigenvalue weighted by molar-refractivity contribution is -0.165. The predicted octanol–water partition coefficient (Wildman–Crippen LogP) is 1.92. The molecule has 0 bridgehead atoms. The number of aliphatic hydroxyl groups is 3. The smallest absolute Gasteiger partial charge is 0.157 e. The Bertz CT molecular complexity index is 909. The molecule has 3 rings (SSSR count). The maximum absolute atomic E-state index is 11.8. The Kier molecular flexibility index (Phi) is 4.80. The van der Waals surface area contributed by atoms with E-state index in [1.807, 2.05) is 0 Å². The summed E-state index contributed by atoms with van der Waals surface area (Å²) in [5, 5.41) is 64.4. The van der Waals surface area contributed by atoms with Gasteiger partial charge in [-0.15, -0.1) is 0 Å². The summed E-state index contributed by atoms with van der Waals surface area (Å²) in [7, 11) is 0. The van der Waals surface area contributed by atoms with Crippen LogP contribution in [-0.2, 0) is 11.2 Å². The fourth-order valence-corrected chi connectivity index (χ4v) is 3.37. The third kappa shape index (κ3) is 2.80. The summed E-state index contributed by atoms with van der Waals surface area (Å²) in [5.74, 6) is -1.07. The first kappa shape index (κ1) is 18.7. The van der Waals surface area contributed by atoms with Crippen LogP contribution in [0.5, 0.6) is 17.2 Å². The molecule has 6 nitrogen and oxygen atoms in total. The number of rotatable bonds is 5. The normalized spacial score (nSPS) is 13.9. The van der Waals surface area contributed by atoms with E-state index in [4.69, 9.17) is 0 Å². The summed E-state index contributed by atoms with van der Waals surface area (Å²) in [6, 6.07) is 17.1. The standard InChI is InChI=1S/C21H20O6/c22-13-20(26,14-7-1-4-10-17(14)23)21(27,15-8-2-5-11-18(15)24)16-9-3-6-12-19(16)25/h1-12,22-27H,13H2. The molecule has 0 radical (unpaired) electrons. The molecule has 0 amide bonds. The second-order valence-electron chi connectivity index (χ2n) is 6.28. The van der Waals surface area contributed by atoms with Crippen molar-refractivity contribution in [2.45, 2.75) is 11.2 Å². The zero-order chi connectivity index (χ0) is 19.7. The molecule has 6 heteroatoms. The molecular formula is C21H20O6. The van der Waals surface area contributed by atoms with Crippen LogP contribution in [0, 0.1) is 0 Å². The van der Waals surface area contributed by atoms with Gasteiger partial charge in [0.1, 0.15) is 17.2 Å². The zero-order valence-corrected chi connectivity index (χ0v) is 14.3. The Morgan fingerprint density at radius 2 is 0.889 bits per heavy atom. The Balaban J connectivity index is 2.42. The van der Waals surface area contributed by atoms with Gasteiger partial charge in [-0.2, -0.15) is 0 Å². The lowest BCUT2D eigenvalue weighted by Gasteiger charge is -2.44. The quantitative estimate of drug-likeness (QED) is 0.409. The second-order valence-corrected chi connectivity index (χ2v) is 6.28. The van der Waals surface area contributed by atoms with E-state index in [2.05, 4.69) is 0 Å². The topological polar surface area (TPSA) is 121 Å². The minimum absolute atomic E-state index is 0.147.